The summed E-state index contributed by atoms with van der Waals surface area (Å²) in [6.07, 6.45) is 3.90. The summed E-state index contributed by atoms with van der Waals surface area (Å²) in [4.78, 5) is 16.1. The zero-order valence-corrected chi connectivity index (χ0v) is 14.9. The van der Waals surface area contributed by atoms with Crippen LogP contribution in [0.25, 0.3) is 11.1 Å². The van der Waals surface area contributed by atoms with Crippen molar-refractivity contribution in [2.75, 3.05) is 13.2 Å². The molecule has 25 heavy (non-hydrogen) atoms. The highest BCUT2D eigenvalue weighted by Crippen LogP contribution is 2.34. The van der Waals surface area contributed by atoms with Crippen LogP contribution in [0.15, 0.2) is 42.7 Å². The minimum absolute atomic E-state index is 0.173. The molecule has 1 atom stereocenters. The van der Waals surface area contributed by atoms with Crippen LogP contribution in [0.2, 0.25) is 0 Å². The molecular weight excluding hydrogens is 316 g/mol. The fourth-order valence-electron chi connectivity index (χ4n) is 3.03. The lowest BCUT2D eigenvalue weighted by Crippen LogP contribution is -2.36. The molecule has 5 nitrogen and oxygen atoms in total. The molecule has 0 aliphatic carbocycles. The van der Waals surface area contributed by atoms with E-state index in [2.05, 4.69) is 28.5 Å². The van der Waals surface area contributed by atoms with Crippen molar-refractivity contribution in [1.82, 2.24) is 10.3 Å². The number of carbonyl (C=O) groups is 1. The van der Waals surface area contributed by atoms with Gasteiger partial charge in [-0.15, -0.1) is 0 Å². The van der Waals surface area contributed by atoms with Crippen molar-refractivity contribution in [1.29, 1.82) is 0 Å². The van der Waals surface area contributed by atoms with Gasteiger partial charge in [-0.2, -0.15) is 0 Å². The van der Waals surface area contributed by atoms with Gasteiger partial charge in [0.25, 0.3) is 0 Å². The molecule has 0 radical (unpaired) electrons. The van der Waals surface area contributed by atoms with Gasteiger partial charge in [-0.3, -0.25) is 4.98 Å². The van der Waals surface area contributed by atoms with Crippen LogP contribution >= 0.6 is 0 Å². The molecule has 1 aromatic heterocycles. The molecule has 1 aromatic carbocycles. The molecule has 0 saturated heterocycles. The van der Waals surface area contributed by atoms with Crippen LogP contribution < -0.4 is 5.32 Å². The highest BCUT2D eigenvalue weighted by Gasteiger charge is 2.25. The Morgan fingerprint density at radius 3 is 2.88 bits per heavy atom. The second kappa shape index (κ2) is 7.23. The number of alkyl carbamates (subject to hydrolysis) is 1. The molecule has 0 spiro atoms. The highest BCUT2D eigenvalue weighted by atomic mass is 16.6. The van der Waals surface area contributed by atoms with Gasteiger partial charge in [0, 0.05) is 18.0 Å². The maximum absolute atomic E-state index is 11.9. The minimum Gasteiger partial charge on any atom is -0.444 e. The zero-order chi connectivity index (χ0) is 17.9. The number of ether oxygens (including phenoxy) is 2. The van der Waals surface area contributed by atoms with Gasteiger partial charge < -0.3 is 14.8 Å². The van der Waals surface area contributed by atoms with Gasteiger partial charge in [-0.25, -0.2) is 4.79 Å². The zero-order valence-electron chi connectivity index (χ0n) is 14.9. The summed E-state index contributed by atoms with van der Waals surface area (Å²) >= 11 is 0. The Labute approximate surface area is 148 Å². The number of nitrogens with one attached hydrogen (secondary N) is 1. The Hall–Kier alpha value is -2.40. The average Bonchev–Trinajstić information content (AvgIpc) is 2.58. The second-order valence-electron chi connectivity index (χ2n) is 7.11. The van der Waals surface area contributed by atoms with E-state index in [0.717, 1.165) is 17.5 Å². The Bertz CT molecular complexity index is 738. The Morgan fingerprint density at radius 2 is 2.16 bits per heavy atom. The van der Waals surface area contributed by atoms with Gasteiger partial charge in [0.05, 0.1) is 13.2 Å². The van der Waals surface area contributed by atoms with E-state index in [9.17, 15) is 4.79 Å². The van der Waals surface area contributed by atoms with Crippen LogP contribution in [-0.4, -0.2) is 29.8 Å². The third kappa shape index (κ3) is 4.37. The van der Waals surface area contributed by atoms with E-state index in [1.165, 1.54) is 11.1 Å². The molecule has 0 saturated carbocycles. The molecule has 0 unspecified atom stereocenters. The molecule has 1 N–H and O–H groups in total. The first-order valence-electron chi connectivity index (χ1n) is 8.55. The molecular formula is C20H24N2O3. The summed E-state index contributed by atoms with van der Waals surface area (Å²) in [6, 6.07) is 10.2. The summed E-state index contributed by atoms with van der Waals surface area (Å²) in [7, 11) is 0. The first kappa shape index (κ1) is 17.4. The molecule has 1 aliphatic heterocycles. The van der Waals surface area contributed by atoms with Gasteiger partial charge in [0.1, 0.15) is 11.7 Å². The van der Waals surface area contributed by atoms with Crippen molar-refractivity contribution < 1.29 is 14.3 Å². The lowest BCUT2D eigenvalue weighted by molar-refractivity contribution is 0.0290. The first-order chi connectivity index (χ1) is 11.9. The third-order valence-corrected chi connectivity index (χ3v) is 4.03. The summed E-state index contributed by atoms with van der Waals surface area (Å²) in [5.41, 5.74) is 4.14. The smallest absolute Gasteiger partial charge is 0.407 e. The monoisotopic (exact) mass is 340 g/mol. The summed E-state index contributed by atoms with van der Waals surface area (Å²) in [5, 5.41) is 2.81. The topological polar surface area (TPSA) is 60.5 Å². The largest absolute Gasteiger partial charge is 0.444 e. The number of aromatic nitrogens is 1. The van der Waals surface area contributed by atoms with E-state index < -0.39 is 11.7 Å². The number of nitrogens with zero attached hydrogens (tertiary/aromatic N) is 1. The van der Waals surface area contributed by atoms with E-state index in [1.54, 1.807) is 6.20 Å². The maximum Gasteiger partial charge on any atom is 0.407 e. The molecule has 2 aromatic rings. The van der Waals surface area contributed by atoms with E-state index in [-0.39, 0.29) is 6.10 Å². The van der Waals surface area contributed by atoms with Gasteiger partial charge in [-0.05, 0) is 49.9 Å². The Balaban J connectivity index is 1.78. The molecule has 1 aliphatic rings. The van der Waals surface area contributed by atoms with Gasteiger partial charge in [0.2, 0.25) is 0 Å². The van der Waals surface area contributed by atoms with E-state index in [0.29, 0.717) is 13.2 Å². The second-order valence-corrected chi connectivity index (χ2v) is 7.11. The van der Waals surface area contributed by atoms with Crippen LogP contribution in [0.3, 0.4) is 0 Å². The van der Waals surface area contributed by atoms with Gasteiger partial charge in [0.15, 0.2) is 0 Å². The third-order valence-electron chi connectivity index (χ3n) is 4.03. The number of fused-ring (bicyclic) bond motifs is 1. The predicted octanol–water partition coefficient (Wildman–Crippen LogP) is 3.89. The quantitative estimate of drug-likeness (QED) is 0.921. The number of hydrogen-bond acceptors (Lipinski definition) is 4. The molecule has 132 valence electrons. The van der Waals surface area contributed by atoms with E-state index in [4.69, 9.17) is 9.47 Å². The molecule has 1 amide bonds. The average molecular weight is 340 g/mol. The van der Waals surface area contributed by atoms with Crippen LogP contribution in [0.5, 0.6) is 0 Å². The lowest BCUT2D eigenvalue weighted by atomic mass is 9.90. The summed E-state index contributed by atoms with van der Waals surface area (Å²) in [6.45, 7) is 6.56. The SMILES string of the molecule is CC(C)(C)OC(=O)NC[C@H]1OCCc2c(-c3cccnc3)cccc21. The maximum atomic E-state index is 11.9. The fraction of sp³-hybridized carbons (Fsp3) is 0.400. The number of amides is 1. The lowest BCUT2D eigenvalue weighted by Gasteiger charge is -2.28. The van der Waals surface area contributed by atoms with Gasteiger partial charge >= 0.3 is 6.09 Å². The highest BCUT2D eigenvalue weighted by molar-refractivity contribution is 5.69. The van der Waals surface area contributed by atoms with Crippen molar-refractivity contribution in [3.63, 3.8) is 0 Å². The molecule has 3 rings (SSSR count). The predicted molar refractivity (Wildman–Crippen MR) is 96.3 cm³/mol. The Morgan fingerprint density at radius 1 is 1.32 bits per heavy atom. The number of hydrogen-bond donors (Lipinski definition) is 1. The van der Waals surface area contributed by atoms with Crippen LogP contribution in [0.1, 0.15) is 38.0 Å². The van der Waals surface area contributed by atoms with Crippen molar-refractivity contribution >= 4 is 6.09 Å². The van der Waals surface area contributed by atoms with E-state index in [1.807, 2.05) is 39.1 Å². The Kier molecular flexibility index (Phi) is 5.04. The first-order valence-corrected chi connectivity index (χ1v) is 8.55. The van der Waals surface area contributed by atoms with Crippen LogP contribution in [0, 0.1) is 0 Å². The van der Waals surface area contributed by atoms with Crippen LogP contribution in [0.4, 0.5) is 4.79 Å². The normalized spacial score (nSPS) is 16.8. The molecule has 0 fully saturated rings. The van der Waals surface area contributed by atoms with Crippen molar-refractivity contribution in [2.45, 2.75) is 38.9 Å². The molecule has 5 heteroatoms. The number of rotatable bonds is 3. The van der Waals surface area contributed by atoms with Crippen molar-refractivity contribution in [3.05, 3.63) is 53.9 Å². The number of benzene rings is 1. The fourth-order valence-corrected chi connectivity index (χ4v) is 3.03. The van der Waals surface area contributed by atoms with Crippen LogP contribution in [-0.2, 0) is 15.9 Å². The van der Waals surface area contributed by atoms with E-state index >= 15 is 0 Å². The molecule has 2 heterocycles. The van der Waals surface area contributed by atoms with Gasteiger partial charge in [-0.1, -0.05) is 24.3 Å². The standard InChI is InChI=1S/C20H24N2O3/c1-20(2,3)25-19(23)22-13-18-17-8-4-7-15(16(17)9-11-24-18)14-6-5-10-21-12-14/h4-8,10,12,18H,9,11,13H2,1-3H3,(H,22,23)/t18-/m1/s1. The van der Waals surface area contributed by atoms with Crippen molar-refractivity contribution in [2.24, 2.45) is 0 Å². The number of carbonyl (C=O) groups excluding carboxylic acids is 1. The molecule has 0 bridgehead atoms. The van der Waals surface area contributed by atoms with Crippen molar-refractivity contribution in [3.8, 4) is 11.1 Å². The summed E-state index contributed by atoms with van der Waals surface area (Å²) in [5.74, 6) is 0. The summed E-state index contributed by atoms with van der Waals surface area (Å²) < 4.78 is 11.2. The minimum atomic E-state index is -0.511. The number of pyridine rings is 1.